The first-order valence-corrected chi connectivity index (χ1v) is 9.44. The highest BCUT2D eigenvalue weighted by Gasteiger charge is 2.46. The zero-order valence-corrected chi connectivity index (χ0v) is 15.8. The molecule has 0 saturated heterocycles. The van der Waals surface area contributed by atoms with E-state index in [4.69, 9.17) is 4.52 Å². The SMILES string of the molecule is Cc1ccc(C2(O)CC(c3noc(Cn4cnc5ncccc5c4=O)n3)C2)cc1. The first kappa shape index (κ1) is 17.7. The first-order valence-electron chi connectivity index (χ1n) is 9.44. The van der Waals surface area contributed by atoms with Gasteiger partial charge in [-0.25, -0.2) is 9.97 Å². The number of aliphatic hydroxyl groups is 1. The van der Waals surface area contributed by atoms with E-state index in [0.717, 1.165) is 11.1 Å². The predicted molar refractivity (Wildman–Crippen MR) is 104 cm³/mol. The van der Waals surface area contributed by atoms with Crippen LogP contribution in [0.2, 0.25) is 0 Å². The van der Waals surface area contributed by atoms with Crippen LogP contribution in [0.4, 0.5) is 0 Å². The third-order valence-corrected chi connectivity index (χ3v) is 5.51. The van der Waals surface area contributed by atoms with E-state index in [1.165, 1.54) is 10.9 Å². The minimum atomic E-state index is -0.856. The molecule has 0 aliphatic heterocycles. The average Bonchev–Trinajstić information content (AvgIpc) is 3.16. The van der Waals surface area contributed by atoms with Crippen molar-refractivity contribution in [3.8, 4) is 0 Å². The molecule has 0 bridgehead atoms. The van der Waals surface area contributed by atoms with Crippen LogP contribution in [0.25, 0.3) is 11.0 Å². The second-order valence-electron chi connectivity index (χ2n) is 7.60. The van der Waals surface area contributed by atoms with Crippen molar-refractivity contribution in [1.82, 2.24) is 24.7 Å². The normalized spacial score (nSPS) is 21.2. The Morgan fingerprint density at radius 1 is 1.21 bits per heavy atom. The summed E-state index contributed by atoms with van der Waals surface area (Å²) in [5.74, 6) is 0.910. The molecule has 1 fully saturated rings. The molecule has 3 heterocycles. The van der Waals surface area contributed by atoms with Gasteiger partial charge in [-0.05, 0) is 37.5 Å². The van der Waals surface area contributed by atoms with E-state index in [1.54, 1.807) is 18.3 Å². The minimum Gasteiger partial charge on any atom is -0.385 e. The van der Waals surface area contributed by atoms with E-state index < -0.39 is 5.60 Å². The van der Waals surface area contributed by atoms with Crippen molar-refractivity contribution in [3.05, 3.63) is 82.1 Å². The highest BCUT2D eigenvalue weighted by molar-refractivity contribution is 5.72. The van der Waals surface area contributed by atoms with E-state index in [-0.39, 0.29) is 18.0 Å². The standard InChI is InChI=1S/C21H19N5O3/c1-13-4-6-15(7-5-13)21(28)9-14(10-21)18-24-17(29-25-18)11-26-12-23-19-16(20(26)27)3-2-8-22-19/h2-8,12,14,28H,9-11H2,1H3. The number of nitrogens with zero attached hydrogens (tertiary/aromatic N) is 5. The Morgan fingerprint density at radius 2 is 2.00 bits per heavy atom. The second kappa shape index (κ2) is 6.59. The third-order valence-electron chi connectivity index (χ3n) is 5.51. The van der Waals surface area contributed by atoms with E-state index in [0.29, 0.717) is 35.6 Å². The van der Waals surface area contributed by atoms with Gasteiger partial charge in [-0.3, -0.25) is 9.36 Å². The largest absolute Gasteiger partial charge is 0.385 e. The molecule has 0 atom stereocenters. The number of aryl methyl sites for hydroxylation is 1. The highest BCUT2D eigenvalue weighted by Crippen LogP contribution is 2.49. The van der Waals surface area contributed by atoms with Gasteiger partial charge in [0.15, 0.2) is 11.5 Å². The van der Waals surface area contributed by atoms with E-state index in [2.05, 4.69) is 20.1 Å². The van der Waals surface area contributed by atoms with Crippen LogP contribution in [-0.4, -0.2) is 29.8 Å². The Hall–Kier alpha value is -3.39. The van der Waals surface area contributed by atoms with Gasteiger partial charge in [0.05, 0.1) is 11.0 Å². The molecular formula is C21H19N5O3. The van der Waals surface area contributed by atoms with Gasteiger partial charge < -0.3 is 9.63 Å². The molecule has 146 valence electrons. The molecule has 1 N–H and O–H groups in total. The molecule has 1 aliphatic rings. The zero-order chi connectivity index (χ0) is 20.0. The van der Waals surface area contributed by atoms with Gasteiger partial charge in [0.25, 0.3) is 5.56 Å². The first-order chi connectivity index (χ1) is 14.0. The van der Waals surface area contributed by atoms with Crippen molar-refractivity contribution >= 4 is 11.0 Å². The van der Waals surface area contributed by atoms with Crippen LogP contribution in [0.5, 0.6) is 0 Å². The number of benzene rings is 1. The Kier molecular flexibility index (Phi) is 4.02. The third kappa shape index (κ3) is 3.11. The van der Waals surface area contributed by atoms with Gasteiger partial charge in [-0.1, -0.05) is 35.0 Å². The Bertz CT molecular complexity index is 1240. The topological polar surface area (TPSA) is 107 Å². The molecule has 1 aliphatic carbocycles. The van der Waals surface area contributed by atoms with Crippen molar-refractivity contribution in [2.45, 2.75) is 37.8 Å². The number of hydrogen-bond donors (Lipinski definition) is 1. The van der Waals surface area contributed by atoms with Crippen molar-refractivity contribution in [2.75, 3.05) is 0 Å². The molecule has 3 aromatic heterocycles. The molecule has 0 amide bonds. The molecule has 1 aromatic carbocycles. The molecule has 0 spiro atoms. The minimum absolute atomic E-state index is 0.0226. The van der Waals surface area contributed by atoms with Crippen molar-refractivity contribution < 1.29 is 9.63 Å². The molecule has 0 unspecified atom stereocenters. The van der Waals surface area contributed by atoms with E-state index in [9.17, 15) is 9.90 Å². The summed E-state index contributed by atoms with van der Waals surface area (Å²) in [4.78, 5) is 25.3. The molecule has 8 nitrogen and oxygen atoms in total. The number of hydrogen-bond acceptors (Lipinski definition) is 7. The fourth-order valence-corrected chi connectivity index (χ4v) is 3.79. The molecule has 1 saturated carbocycles. The summed E-state index contributed by atoms with van der Waals surface area (Å²) in [5.41, 5.74) is 1.41. The fourth-order valence-electron chi connectivity index (χ4n) is 3.79. The summed E-state index contributed by atoms with van der Waals surface area (Å²) in [6, 6.07) is 11.3. The van der Waals surface area contributed by atoms with Crippen LogP contribution in [-0.2, 0) is 12.1 Å². The van der Waals surface area contributed by atoms with Crippen molar-refractivity contribution in [1.29, 1.82) is 0 Å². The number of fused-ring (bicyclic) bond motifs is 1. The maximum Gasteiger partial charge on any atom is 0.263 e. The number of rotatable bonds is 4. The predicted octanol–water partition coefficient (Wildman–Crippen LogP) is 2.30. The molecule has 8 heteroatoms. The summed E-state index contributed by atoms with van der Waals surface area (Å²) in [7, 11) is 0. The summed E-state index contributed by atoms with van der Waals surface area (Å²) < 4.78 is 6.76. The molecular weight excluding hydrogens is 370 g/mol. The van der Waals surface area contributed by atoms with Crippen LogP contribution >= 0.6 is 0 Å². The highest BCUT2D eigenvalue weighted by atomic mass is 16.5. The summed E-state index contributed by atoms with van der Waals surface area (Å²) in [6.45, 7) is 2.16. The van der Waals surface area contributed by atoms with Crippen LogP contribution in [0.1, 0.15) is 41.6 Å². The molecule has 0 radical (unpaired) electrons. The lowest BCUT2D eigenvalue weighted by atomic mass is 9.67. The van der Waals surface area contributed by atoms with E-state index in [1.807, 2.05) is 31.2 Å². The van der Waals surface area contributed by atoms with Crippen molar-refractivity contribution in [3.63, 3.8) is 0 Å². The van der Waals surface area contributed by atoms with Crippen LogP contribution in [0, 0.1) is 6.92 Å². The van der Waals surface area contributed by atoms with Crippen LogP contribution < -0.4 is 5.56 Å². The van der Waals surface area contributed by atoms with Gasteiger partial charge in [-0.15, -0.1) is 0 Å². The Labute approximate surface area is 165 Å². The average molecular weight is 389 g/mol. The lowest BCUT2D eigenvalue weighted by Gasteiger charge is -2.42. The summed E-state index contributed by atoms with van der Waals surface area (Å²) in [5, 5.41) is 15.3. The summed E-state index contributed by atoms with van der Waals surface area (Å²) >= 11 is 0. The number of aromatic nitrogens is 5. The number of pyridine rings is 1. The maximum atomic E-state index is 12.6. The van der Waals surface area contributed by atoms with Gasteiger partial charge >= 0.3 is 0 Å². The van der Waals surface area contributed by atoms with Crippen molar-refractivity contribution in [2.24, 2.45) is 0 Å². The Morgan fingerprint density at radius 3 is 2.79 bits per heavy atom. The lowest BCUT2D eigenvalue weighted by molar-refractivity contribution is -0.0573. The Balaban J connectivity index is 1.32. The fraction of sp³-hybridized carbons (Fsp3) is 0.286. The molecule has 29 heavy (non-hydrogen) atoms. The monoisotopic (exact) mass is 389 g/mol. The lowest BCUT2D eigenvalue weighted by Crippen LogP contribution is -2.40. The smallest absolute Gasteiger partial charge is 0.263 e. The van der Waals surface area contributed by atoms with Gasteiger partial charge in [0.1, 0.15) is 12.9 Å². The van der Waals surface area contributed by atoms with E-state index >= 15 is 0 Å². The van der Waals surface area contributed by atoms with Crippen LogP contribution in [0.15, 0.2) is 58.2 Å². The van der Waals surface area contributed by atoms with Gasteiger partial charge in [-0.2, -0.15) is 4.98 Å². The van der Waals surface area contributed by atoms with Gasteiger partial charge in [0, 0.05) is 12.1 Å². The van der Waals surface area contributed by atoms with Gasteiger partial charge in [0.2, 0.25) is 5.89 Å². The molecule has 4 aromatic rings. The maximum absolute atomic E-state index is 12.6. The summed E-state index contributed by atoms with van der Waals surface area (Å²) in [6.07, 6.45) is 4.11. The van der Waals surface area contributed by atoms with Crippen LogP contribution in [0.3, 0.4) is 0 Å². The second-order valence-corrected chi connectivity index (χ2v) is 7.60. The molecule has 5 rings (SSSR count). The zero-order valence-electron chi connectivity index (χ0n) is 15.8. The quantitative estimate of drug-likeness (QED) is 0.571.